The highest BCUT2D eigenvalue weighted by molar-refractivity contribution is 7.89. The maximum atomic E-state index is 13.1. The molecule has 0 aromatic heterocycles. The normalized spacial score (nSPS) is 15.4. The van der Waals surface area contributed by atoms with Crippen molar-refractivity contribution in [2.75, 3.05) is 25.5 Å². The number of carbonyl (C=O) groups is 1. The number of sulfonamides is 1. The molecule has 0 bridgehead atoms. The zero-order valence-electron chi connectivity index (χ0n) is 16.1. The number of ether oxygens (including phenoxy) is 1. The Bertz CT molecular complexity index is 1020. The van der Waals surface area contributed by atoms with Crippen LogP contribution in [0.25, 0.3) is 6.08 Å². The standard InChI is InChI=1S/C21H23ClN2O4S/c1-28-19-10-9-18(15-20(19)29(26,27)24-12-3-2-4-13-24)23-21(25)11-8-16-6-5-7-17(22)14-16/h5-11,14-15H,2-4,12-13H2,1H3,(H,23,25)/b11-8+. The van der Waals surface area contributed by atoms with E-state index in [1.54, 1.807) is 36.4 Å². The fourth-order valence-electron chi connectivity index (χ4n) is 3.17. The smallest absolute Gasteiger partial charge is 0.248 e. The van der Waals surface area contributed by atoms with Crippen LogP contribution in [0.15, 0.2) is 53.4 Å². The minimum atomic E-state index is -3.70. The van der Waals surface area contributed by atoms with E-state index in [2.05, 4.69) is 5.32 Å². The van der Waals surface area contributed by atoms with E-state index in [9.17, 15) is 13.2 Å². The summed E-state index contributed by atoms with van der Waals surface area (Å²) in [5.74, 6) is -0.125. The van der Waals surface area contributed by atoms with Gasteiger partial charge < -0.3 is 10.1 Å². The molecule has 1 aliphatic rings. The minimum absolute atomic E-state index is 0.0542. The van der Waals surface area contributed by atoms with Gasteiger partial charge in [-0.1, -0.05) is 30.2 Å². The predicted octanol–water partition coefficient (Wildman–Crippen LogP) is 4.18. The number of nitrogens with zero attached hydrogens (tertiary/aromatic N) is 1. The van der Waals surface area contributed by atoms with Crippen molar-refractivity contribution < 1.29 is 17.9 Å². The van der Waals surface area contributed by atoms with Gasteiger partial charge in [-0.3, -0.25) is 4.79 Å². The molecule has 2 aromatic carbocycles. The molecule has 1 fully saturated rings. The summed E-state index contributed by atoms with van der Waals surface area (Å²) < 4.78 is 32.8. The number of nitrogens with one attached hydrogen (secondary N) is 1. The molecular formula is C21H23ClN2O4S. The SMILES string of the molecule is COc1ccc(NC(=O)/C=C/c2cccc(Cl)c2)cc1S(=O)(=O)N1CCCCC1. The van der Waals surface area contributed by atoms with Crippen LogP contribution in [0.5, 0.6) is 5.75 Å². The van der Waals surface area contributed by atoms with Crippen molar-refractivity contribution >= 4 is 39.3 Å². The lowest BCUT2D eigenvalue weighted by Crippen LogP contribution is -2.35. The highest BCUT2D eigenvalue weighted by Gasteiger charge is 2.29. The zero-order valence-corrected chi connectivity index (χ0v) is 17.7. The van der Waals surface area contributed by atoms with Crippen LogP contribution in [0, 0.1) is 0 Å². The van der Waals surface area contributed by atoms with Gasteiger partial charge in [0.05, 0.1) is 7.11 Å². The molecule has 1 saturated heterocycles. The van der Waals surface area contributed by atoms with Crippen molar-refractivity contribution in [2.45, 2.75) is 24.2 Å². The Kier molecular flexibility index (Phi) is 6.95. The molecule has 6 nitrogen and oxygen atoms in total. The maximum absolute atomic E-state index is 13.1. The van der Waals surface area contributed by atoms with Crippen LogP contribution in [0.4, 0.5) is 5.69 Å². The van der Waals surface area contributed by atoms with E-state index >= 15 is 0 Å². The van der Waals surface area contributed by atoms with Crippen molar-refractivity contribution in [3.63, 3.8) is 0 Å². The van der Waals surface area contributed by atoms with E-state index in [4.69, 9.17) is 16.3 Å². The summed E-state index contributed by atoms with van der Waals surface area (Å²) in [6.45, 7) is 0.981. The number of piperidine rings is 1. The van der Waals surface area contributed by atoms with Gasteiger partial charge in [-0.2, -0.15) is 4.31 Å². The van der Waals surface area contributed by atoms with E-state index in [1.807, 2.05) is 6.07 Å². The van der Waals surface area contributed by atoms with E-state index in [0.717, 1.165) is 24.8 Å². The Morgan fingerprint density at radius 3 is 2.59 bits per heavy atom. The Morgan fingerprint density at radius 2 is 1.90 bits per heavy atom. The first-order chi connectivity index (χ1) is 13.9. The molecule has 29 heavy (non-hydrogen) atoms. The summed E-state index contributed by atoms with van der Waals surface area (Å²) in [6, 6.07) is 11.7. The summed E-state index contributed by atoms with van der Waals surface area (Å²) in [4.78, 5) is 12.3. The average molecular weight is 435 g/mol. The Labute approximate surface area is 176 Å². The van der Waals surface area contributed by atoms with Crippen molar-refractivity contribution in [1.29, 1.82) is 0 Å². The van der Waals surface area contributed by atoms with Crippen LogP contribution in [-0.4, -0.2) is 38.8 Å². The molecule has 0 spiro atoms. The van der Waals surface area contributed by atoms with Crippen LogP contribution in [0.2, 0.25) is 5.02 Å². The van der Waals surface area contributed by atoms with Crippen molar-refractivity contribution in [1.82, 2.24) is 4.31 Å². The lowest BCUT2D eigenvalue weighted by molar-refractivity contribution is -0.111. The molecule has 1 N–H and O–H groups in total. The molecule has 154 valence electrons. The van der Waals surface area contributed by atoms with Crippen LogP contribution in [-0.2, 0) is 14.8 Å². The Balaban J connectivity index is 1.80. The van der Waals surface area contributed by atoms with Gasteiger partial charge in [0.25, 0.3) is 0 Å². The number of hydrogen-bond acceptors (Lipinski definition) is 4. The summed E-state index contributed by atoms with van der Waals surface area (Å²) in [6.07, 6.45) is 5.71. The first-order valence-electron chi connectivity index (χ1n) is 9.33. The monoisotopic (exact) mass is 434 g/mol. The molecule has 2 aromatic rings. The lowest BCUT2D eigenvalue weighted by Gasteiger charge is -2.26. The molecule has 0 saturated carbocycles. The highest BCUT2D eigenvalue weighted by Crippen LogP contribution is 2.31. The quantitative estimate of drug-likeness (QED) is 0.692. The summed E-state index contributed by atoms with van der Waals surface area (Å²) in [5, 5.41) is 3.28. The Hall–Kier alpha value is -2.35. The number of methoxy groups -OCH3 is 1. The second kappa shape index (κ2) is 9.43. The fraction of sp³-hybridized carbons (Fsp3) is 0.286. The molecule has 3 rings (SSSR count). The second-order valence-corrected chi connectivity index (χ2v) is 9.05. The van der Waals surface area contributed by atoms with Crippen LogP contribution in [0.1, 0.15) is 24.8 Å². The van der Waals surface area contributed by atoms with Gasteiger partial charge in [0.15, 0.2) is 0 Å². The number of rotatable bonds is 6. The summed E-state index contributed by atoms with van der Waals surface area (Å²) in [5.41, 5.74) is 1.16. The number of amides is 1. The molecule has 0 aliphatic carbocycles. The molecule has 0 atom stereocenters. The predicted molar refractivity (Wildman–Crippen MR) is 115 cm³/mol. The number of benzene rings is 2. The Morgan fingerprint density at radius 1 is 1.14 bits per heavy atom. The zero-order chi connectivity index (χ0) is 20.9. The molecule has 1 aliphatic heterocycles. The number of hydrogen-bond donors (Lipinski definition) is 1. The van der Waals surface area contributed by atoms with E-state index in [-0.39, 0.29) is 16.6 Å². The van der Waals surface area contributed by atoms with Gasteiger partial charge in [-0.15, -0.1) is 0 Å². The number of carbonyl (C=O) groups excluding carboxylic acids is 1. The third kappa shape index (κ3) is 5.38. The third-order valence-corrected chi connectivity index (χ3v) is 6.79. The molecule has 1 amide bonds. The number of anilines is 1. The van der Waals surface area contributed by atoms with Crippen LogP contribution in [0.3, 0.4) is 0 Å². The number of halogens is 1. The molecule has 1 heterocycles. The van der Waals surface area contributed by atoms with Gasteiger partial charge >= 0.3 is 0 Å². The van der Waals surface area contributed by atoms with Gasteiger partial charge in [0, 0.05) is 29.9 Å². The highest BCUT2D eigenvalue weighted by atomic mass is 35.5. The molecule has 0 unspecified atom stereocenters. The van der Waals surface area contributed by atoms with Gasteiger partial charge in [-0.05, 0) is 54.8 Å². The average Bonchev–Trinajstić information content (AvgIpc) is 2.73. The first-order valence-corrected chi connectivity index (χ1v) is 11.1. The maximum Gasteiger partial charge on any atom is 0.248 e. The minimum Gasteiger partial charge on any atom is -0.495 e. The molecule has 8 heteroatoms. The van der Waals surface area contributed by atoms with Crippen molar-refractivity contribution in [3.8, 4) is 5.75 Å². The lowest BCUT2D eigenvalue weighted by atomic mass is 10.2. The van der Waals surface area contributed by atoms with Crippen LogP contribution < -0.4 is 10.1 Å². The van der Waals surface area contributed by atoms with E-state index in [0.29, 0.717) is 23.8 Å². The van der Waals surface area contributed by atoms with Gasteiger partial charge in [0.1, 0.15) is 10.6 Å². The largest absolute Gasteiger partial charge is 0.495 e. The molecular weight excluding hydrogens is 412 g/mol. The van der Waals surface area contributed by atoms with E-state index in [1.165, 1.54) is 23.6 Å². The summed E-state index contributed by atoms with van der Waals surface area (Å²) >= 11 is 5.94. The second-order valence-electron chi connectivity index (χ2n) is 6.71. The van der Waals surface area contributed by atoms with Gasteiger partial charge in [-0.25, -0.2) is 8.42 Å². The van der Waals surface area contributed by atoms with Gasteiger partial charge in [0.2, 0.25) is 15.9 Å². The van der Waals surface area contributed by atoms with Crippen molar-refractivity contribution in [3.05, 3.63) is 59.1 Å². The van der Waals surface area contributed by atoms with E-state index < -0.39 is 10.0 Å². The molecule has 0 radical (unpaired) electrons. The third-order valence-electron chi connectivity index (χ3n) is 4.64. The topological polar surface area (TPSA) is 75.7 Å². The fourth-order valence-corrected chi connectivity index (χ4v) is 5.06. The first kappa shape index (κ1) is 21.4. The van der Waals surface area contributed by atoms with Crippen LogP contribution >= 0.6 is 11.6 Å². The summed E-state index contributed by atoms with van der Waals surface area (Å²) in [7, 11) is -2.27. The van der Waals surface area contributed by atoms with Crippen molar-refractivity contribution in [2.24, 2.45) is 0 Å².